The first kappa shape index (κ1) is 19.7. The fourth-order valence-corrected chi connectivity index (χ4v) is 1.88. The largest absolute Gasteiger partial charge is 0.508 e. The maximum absolute atomic E-state index is 12.0. The number of nitrogens with one attached hydrogen (secondary N) is 1. The van der Waals surface area contributed by atoms with Gasteiger partial charge in [-0.15, -0.1) is 0 Å². The van der Waals surface area contributed by atoms with E-state index in [9.17, 15) is 9.90 Å². The molecule has 0 saturated heterocycles. The van der Waals surface area contributed by atoms with E-state index in [1.807, 2.05) is 50.2 Å². The summed E-state index contributed by atoms with van der Waals surface area (Å²) < 4.78 is 0. The van der Waals surface area contributed by atoms with E-state index < -0.39 is 5.91 Å². The van der Waals surface area contributed by atoms with Gasteiger partial charge in [-0.1, -0.05) is 68.5 Å². The fourth-order valence-electron chi connectivity index (χ4n) is 1.88. The van der Waals surface area contributed by atoms with Crippen LogP contribution in [0.2, 0.25) is 0 Å². The fraction of sp³-hybridized carbons (Fsp3) is 0.143. The summed E-state index contributed by atoms with van der Waals surface area (Å²) in [6.07, 6.45) is 4.85. The molecule has 0 aliphatic carbocycles. The summed E-state index contributed by atoms with van der Waals surface area (Å²) in [5.74, 6) is -0.220. The number of phenols is 1. The Bertz CT molecular complexity index is 755. The first-order chi connectivity index (χ1) is 12.2. The summed E-state index contributed by atoms with van der Waals surface area (Å²) >= 11 is 0. The highest BCUT2D eigenvalue weighted by atomic mass is 16.3. The van der Waals surface area contributed by atoms with Gasteiger partial charge < -0.3 is 10.4 Å². The third kappa shape index (κ3) is 7.19. The van der Waals surface area contributed by atoms with Crippen LogP contribution in [0, 0.1) is 11.3 Å². The highest BCUT2D eigenvalue weighted by Crippen LogP contribution is 2.11. The van der Waals surface area contributed by atoms with Gasteiger partial charge in [-0.25, -0.2) is 0 Å². The number of benzene rings is 2. The maximum Gasteiger partial charge on any atom is 0.262 e. The molecule has 0 heterocycles. The molecule has 2 aromatic carbocycles. The molecule has 0 aromatic heterocycles. The van der Waals surface area contributed by atoms with Gasteiger partial charge in [0.1, 0.15) is 17.4 Å². The molecule has 4 nitrogen and oxygen atoms in total. The molecule has 25 heavy (non-hydrogen) atoms. The van der Waals surface area contributed by atoms with Crippen LogP contribution in [0.15, 0.2) is 72.3 Å². The Balaban J connectivity index is 0.00000151. The molecule has 128 valence electrons. The number of phenolic OH excluding ortho intramolecular Hbond substituents is 1. The third-order valence-corrected chi connectivity index (χ3v) is 3.11. The molecule has 0 unspecified atom stereocenters. The molecule has 1 amide bonds. The van der Waals surface area contributed by atoms with Crippen molar-refractivity contribution >= 4 is 12.0 Å². The molecular weight excluding hydrogens is 312 g/mol. The summed E-state index contributed by atoms with van der Waals surface area (Å²) in [7, 11) is 0. The van der Waals surface area contributed by atoms with E-state index in [1.54, 1.807) is 36.4 Å². The van der Waals surface area contributed by atoms with Gasteiger partial charge in [-0.05, 0) is 29.3 Å². The Hall–Kier alpha value is -3.32. The van der Waals surface area contributed by atoms with E-state index in [1.165, 1.54) is 6.08 Å². The second-order valence-corrected chi connectivity index (χ2v) is 4.81. The zero-order chi connectivity index (χ0) is 18.5. The molecule has 4 heteroatoms. The zero-order valence-electron chi connectivity index (χ0n) is 14.4. The number of amides is 1. The Morgan fingerprint density at radius 1 is 1.12 bits per heavy atom. The average Bonchev–Trinajstić information content (AvgIpc) is 2.67. The van der Waals surface area contributed by atoms with Crippen molar-refractivity contribution in [2.75, 3.05) is 0 Å². The van der Waals surface area contributed by atoms with Crippen molar-refractivity contribution < 1.29 is 9.90 Å². The molecule has 0 spiro atoms. The Labute approximate surface area is 148 Å². The minimum atomic E-state index is -0.410. The van der Waals surface area contributed by atoms with E-state index in [-0.39, 0.29) is 11.3 Å². The van der Waals surface area contributed by atoms with Gasteiger partial charge in [0.2, 0.25) is 0 Å². The van der Waals surface area contributed by atoms with E-state index in [2.05, 4.69) is 5.32 Å². The van der Waals surface area contributed by atoms with Crippen molar-refractivity contribution in [3.05, 3.63) is 83.4 Å². The predicted molar refractivity (Wildman–Crippen MR) is 100 cm³/mol. The van der Waals surface area contributed by atoms with Gasteiger partial charge in [0, 0.05) is 6.54 Å². The van der Waals surface area contributed by atoms with Crippen LogP contribution in [0.1, 0.15) is 25.0 Å². The molecule has 0 aliphatic rings. The number of carbonyl (C=O) groups excluding carboxylic acids is 1. The van der Waals surface area contributed by atoms with Crippen molar-refractivity contribution in [1.82, 2.24) is 5.32 Å². The number of nitrogens with zero attached hydrogens (tertiary/aromatic N) is 1. The number of aromatic hydroxyl groups is 1. The topological polar surface area (TPSA) is 73.1 Å². The first-order valence-electron chi connectivity index (χ1n) is 8.08. The Kier molecular flexibility index (Phi) is 8.88. The van der Waals surface area contributed by atoms with Crippen LogP contribution >= 0.6 is 0 Å². The van der Waals surface area contributed by atoms with Gasteiger partial charge in [-0.3, -0.25) is 4.79 Å². The first-order valence-corrected chi connectivity index (χ1v) is 8.08. The van der Waals surface area contributed by atoms with Gasteiger partial charge in [-0.2, -0.15) is 5.26 Å². The lowest BCUT2D eigenvalue weighted by Crippen LogP contribution is -2.23. The van der Waals surface area contributed by atoms with Crippen LogP contribution in [0.4, 0.5) is 0 Å². The lowest BCUT2D eigenvalue weighted by atomic mass is 10.1. The van der Waals surface area contributed by atoms with Crippen LogP contribution in [0.25, 0.3) is 6.08 Å². The molecule has 2 N–H and O–H groups in total. The SMILES string of the molecule is CC.N#C/C(=C\C=C\c1ccc(O)cc1)C(=O)NCc1ccccc1. The summed E-state index contributed by atoms with van der Waals surface area (Å²) in [5.41, 5.74) is 1.87. The molecule has 2 rings (SSSR count). The van der Waals surface area contributed by atoms with Crippen LogP contribution in [-0.4, -0.2) is 11.0 Å². The average molecular weight is 334 g/mol. The van der Waals surface area contributed by atoms with Crippen molar-refractivity contribution in [2.24, 2.45) is 0 Å². The number of hydrogen-bond donors (Lipinski definition) is 2. The number of hydrogen-bond acceptors (Lipinski definition) is 3. The second kappa shape index (κ2) is 11.3. The number of allylic oxidation sites excluding steroid dienone is 2. The van der Waals surface area contributed by atoms with Crippen molar-refractivity contribution in [1.29, 1.82) is 5.26 Å². The predicted octanol–water partition coefficient (Wildman–Crippen LogP) is 4.20. The van der Waals surface area contributed by atoms with E-state index in [0.717, 1.165) is 11.1 Å². The normalized spacial score (nSPS) is 10.5. The molecule has 0 atom stereocenters. The van der Waals surface area contributed by atoms with Crippen LogP contribution in [0.5, 0.6) is 5.75 Å². The van der Waals surface area contributed by atoms with E-state index >= 15 is 0 Å². The van der Waals surface area contributed by atoms with Crippen molar-refractivity contribution in [2.45, 2.75) is 20.4 Å². The third-order valence-electron chi connectivity index (χ3n) is 3.11. The molecule has 2 aromatic rings. The number of carbonyl (C=O) groups is 1. The minimum Gasteiger partial charge on any atom is -0.508 e. The lowest BCUT2D eigenvalue weighted by Gasteiger charge is -2.03. The summed E-state index contributed by atoms with van der Waals surface area (Å²) in [4.78, 5) is 12.0. The molecule has 0 aliphatic heterocycles. The summed E-state index contributed by atoms with van der Waals surface area (Å²) in [5, 5.41) is 21.0. The van der Waals surface area contributed by atoms with Gasteiger partial charge in [0.15, 0.2) is 0 Å². The molecular formula is C21H22N2O2. The summed E-state index contributed by atoms with van der Waals surface area (Å²) in [6.45, 7) is 4.38. The molecule has 0 saturated carbocycles. The standard InChI is InChI=1S/C19H16N2O2.C2H6/c20-13-17(8-4-7-15-9-11-18(22)12-10-15)19(23)21-14-16-5-2-1-3-6-16;1-2/h1-12,22H,14H2,(H,21,23);1-2H3/b7-4+,17-8+;. The Morgan fingerprint density at radius 2 is 1.76 bits per heavy atom. The minimum absolute atomic E-state index is 0.0379. The number of rotatable bonds is 5. The highest BCUT2D eigenvalue weighted by Gasteiger charge is 2.06. The smallest absolute Gasteiger partial charge is 0.262 e. The van der Waals surface area contributed by atoms with Gasteiger partial charge in [0.05, 0.1) is 0 Å². The molecule has 0 bridgehead atoms. The monoisotopic (exact) mass is 334 g/mol. The second-order valence-electron chi connectivity index (χ2n) is 4.81. The molecule has 0 radical (unpaired) electrons. The zero-order valence-corrected chi connectivity index (χ0v) is 14.4. The van der Waals surface area contributed by atoms with Gasteiger partial charge in [0.25, 0.3) is 5.91 Å². The van der Waals surface area contributed by atoms with Gasteiger partial charge >= 0.3 is 0 Å². The van der Waals surface area contributed by atoms with Crippen LogP contribution < -0.4 is 5.32 Å². The van der Waals surface area contributed by atoms with Crippen molar-refractivity contribution in [3.8, 4) is 11.8 Å². The van der Waals surface area contributed by atoms with E-state index in [4.69, 9.17) is 5.26 Å². The maximum atomic E-state index is 12.0. The summed E-state index contributed by atoms with van der Waals surface area (Å²) in [6, 6.07) is 18.0. The quantitative estimate of drug-likeness (QED) is 0.489. The lowest BCUT2D eigenvalue weighted by molar-refractivity contribution is -0.117. The van der Waals surface area contributed by atoms with Crippen molar-refractivity contribution in [3.63, 3.8) is 0 Å². The Morgan fingerprint density at radius 3 is 2.36 bits per heavy atom. The highest BCUT2D eigenvalue weighted by molar-refractivity contribution is 5.97. The van der Waals surface area contributed by atoms with E-state index in [0.29, 0.717) is 6.54 Å². The van der Waals surface area contributed by atoms with Crippen LogP contribution in [0.3, 0.4) is 0 Å². The number of nitriles is 1. The van der Waals surface area contributed by atoms with Crippen LogP contribution in [-0.2, 0) is 11.3 Å². The molecule has 0 fully saturated rings.